The van der Waals surface area contributed by atoms with E-state index < -0.39 is 6.03 Å². The van der Waals surface area contributed by atoms with Crippen LogP contribution in [-0.4, -0.2) is 6.03 Å². The van der Waals surface area contributed by atoms with Gasteiger partial charge in [0.1, 0.15) is 5.00 Å². The molecule has 0 saturated heterocycles. The first-order chi connectivity index (χ1) is 6.72. The lowest BCUT2D eigenvalue weighted by molar-refractivity contribution is 0.259. The van der Waals surface area contributed by atoms with E-state index in [1.807, 2.05) is 0 Å². The van der Waals surface area contributed by atoms with Crippen LogP contribution in [-0.2, 0) is 19.4 Å². The number of nitrogens with two attached hydrogens (primary N) is 2. The van der Waals surface area contributed by atoms with Crippen LogP contribution in [0.4, 0.5) is 9.80 Å². The largest absolute Gasteiger partial charge is 0.351 e. The van der Waals surface area contributed by atoms with Gasteiger partial charge in [-0.05, 0) is 24.8 Å². The zero-order chi connectivity index (χ0) is 10.1. The lowest BCUT2D eigenvalue weighted by atomic mass is 10.1. The van der Waals surface area contributed by atoms with Gasteiger partial charge in [0.25, 0.3) is 0 Å². The van der Waals surface area contributed by atoms with E-state index in [0.717, 1.165) is 23.4 Å². The average Bonchev–Trinajstić information content (AvgIpc) is 2.62. The van der Waals surface area contributed by atoms with E-state index in [0.29, 0.717) is 6.54 Å². The number of amides is 2. The van der Waals surface area contributed by atoms with Gasteiger partial charge in [-0.1, -0.05) is 0 Å². The van der Waals surface area contributed by atoms with Gasteiger partial charge in [0.15, 0.2) is 0 Å². The number of thiophene rings is 1. The Morgan fingerprint density at radius 2 is 2.29 bits per heavy atom. The van der Waals surface area contributed by atoms with Crippen molar-refractivity contribution in [2.24, 2.45) is 11.5 Å². The molecule has 76 valence electrons. The number of hydrogen-bond acceptors (Lipinski definition) is 3. The van der Waals surface area contributed by atoms with Crippen molar-refractivity contribution in [3.05, 3.63) is 16.0 Å². The Kier molecular flexibility index (Phi) is 2.43. The molecule has 0 aromatic carbocycles. The molecule has 14 heavy (non-hydrogen) atoms. The summed E-state index contributed by atoms with van der Waals surface area (Å²) in [5.74, 6) is 0. The molecule has 1 aromatic rings. The Balaban J connectivity index is 2.36. The number of primary amides is 1. The second-order valence-corrected chi connectivity index (χ2v) is 4.46. The Hall–Kier alpha value is -1.07. The van der Waals surface area contributed by atoms with Crippen LogP contribution in [0.25, 0.3) is 0 Å². The van der Waals surface area contributed by atoms with Crippen molar-refractivity contribution in [3.63, 3.8) is 0 Å². The van der Waals surface area contributed by atoms with Crippen molar-refractivity contribution >= 4 is 22.4 Å². The van der Waals surface area contributed by atoms with Gasteiger partial charge in [-0.3, -0.25) is 5.32 Å². The summed E-state index contributed by atoms with van der Waals surface area (Å²) < 4.78 is 0. The summed E-state index contributed by atoms with van der Waals surface area (Å²) >= 11 is 1.61. The van der Waals surface area contributed by atoms with Crippen molar-refractivity contribution < 1.29 is 4.79 Å². The normalized spacial score (nSPS) is 14.1. The molecule has 5 heteroatoms. The van der Waals surface area contributed by atoms with Crippen LogP contribution < -0.4 is 16.8 Å². The molecular formula is C9H13N3OS. The quantitative estimate of drug-likeness (QED) is 0.686. The number of carbonyl (C=O) groups is 1. The van der Waals surface area contributed by atoms with Gasteiger partial charge in [0, 0.05) is 17.0 Å². The highest BCUT2D eigenvalue weighted by molar-refractivity contribution is 7.16. The number of nitrogens with one attached hydrogen (secondary N) is 1. The highest BCUT2D eigenvalue weighted by Crippen LogP contribution is 2.38. The third kappa shape index (κ3) is 1.49. The molecule has 2 amide bonds. The average molecular weight is 211 g/mol. The first-order valence-corrected chi connectivity index (χ1v) is 5.44. The van der Waals surface area contributed by atoms with Crippen molar-refractivity contribution in [2.45, 2.75) is 25.8 Å². The minimum absolute atomic E-state index is 0.474. The fraction of sp³-hybridized carbons (Fsp3) is 0.444. The Morgan fingerprint density at radius 1 is 1.50 bits per heavy atom. The molecule has 5 N–H and O–H groups in total. The number of urea groups is 1. The summed E-state index contributed by atoms with van der Waals surface area (Å²) in [5, 5.41) is 3.47. The first-order valence-electron chi connectivity index (χ1n) is 4.62. The topological polar surface area (TPSA) is 81.1 Å². The monoisotopic (exact) mass is 211 g/mol. The zero-order valence-electron chi connectivity index (χ0n) is 7.80. The van der Waals surface area contributed by atoms with Gasteiger partial charge in [-0.2, -0.15) is 0 Å². The molecule has 0 atom stereocenters. The van der Waals surface area contributed by atoms with Crippen molar-refractivity contribution in [1.29, 1.82) is 0 Å². The zero-order valence-corrected chi connectivity index (χ0v) is 8.62. The summed E-state index contributed by atoms with van der Waals surface area (Å²) in [6, 6.07) is -0.514. The maximum absolute atomic E-state index is 10.7. The van der Waals surface area contributed by atoms with Gasteiger partial charge in [0.2, 0.25) is 0 Å². The second kappa shape index (κ2) is 3.59. The van der Waals surface area contributed by atoms with E-state index in [2.05, 4.69) is 5.32 Å². The molecule has 0 bridgehead atoms. The molecule has 0 aliphatic heterocycles. The molecule has 1 heterocycles. The smallest absolute Gasteiger partial charge is 0.317 e. The highest BCUT2D eigenvalue weighted by Gasteiger charge is 2.21. The van der Waals surface area contributed by atoms with Crippen LogP contribution in [0, 0.1) is 0 Å². The van der Waals surface area contributed by atoms with E-state index in [1.165, 1.54) is 16.9 Å². The van der Waals surface area contributed by atoms with Gasteiger partial charge < -0.3 is 11.5 Å². The molecule has 0 spiro atoms. The maximum atomic E-state index is 10.7. The summed E-state index contributed by atoms with van der Waals surface area (Å²) in [6.07, 6.45) is 3.39. The standard InChI is InChI=1S/C9H13N3OS/c10-4-6-5-2-1-3-7(5)14-8(6)12-9(11)13/h1-4,10H2,(H3,11,12,13). The molecule has 4 nitrogen and oxygen atoms in total. The van der Waals surface area contributed by atoms with Crippen LogP contribution in [0.2, 0.25) is 0 Å². The van der Waals surface area contributed by atoms with Crippen molar-refractivity contribution in [2.75, 3.05) is 5.32 Å². The molecule has 1 aromatic heterocycles. The Labute approximate surface area is 86.3 Å². The van der Waals surface area contributed by atoms with E-state index in [4.69, 9.17) is 11.5 Å². The van der Waals surface area contributed by atoms with Crippen LogP contribution in [0.1, 0.15) is 22.4 Å². The predicted molar refractivity (Wildman–Crippen MR) is 57.4 cm³/mol. The highest BCUT2D eigenvalue weighted by atomic mass is 32.1. The minimum atomic E-state index is -0.514. The van der Waals surface area contributed by atoms with Crippen LogP contribution in [0.3, 0.4) is 0 Å². The fourth-order valence-corrected chi connectivity index (χ4v) is 3.22. The second-order valence-electron chi connectivity index (χ2n) is 3.36. The molecule has 1 aliphatic carbocycles. The number of rotatable bonds is 2. The third-order valence-electron chi connectivity index (χ3n) is 2.47. The van der Waals surface area contributed by atoms with E-state index in [-0.39, 0.29) is 0 Å². The number of fused-ring (bicyclic) bond motifs is 1. The van der Waals surface area contributed by atoms with Crippen molar-refractivity contribution in [3.8, 4) is 0 Å². The lowest BCUT2D eigenvalue weighted by Crippen LogP contribution is -2.19. The molecule has 1 aliphatic rings. The molecule has 2 rings (SSSR count). The minimum Gasteiger partial charge on any atom is -0.351 e. The van der Waals surface area contributed by atoms with Crippen molar-refractivity contribution in [1.82, 2.24) is 0 Å². The molecule has 0 unspecified atom stereocenters. The summed E-state index contributed by atoms with van der Waals surface area (Å²) in [6.45, 7) is 0.474. The third-order valence-corrected chi connectivity index (χ3v) is 3.72. The Bertz CT molecular complexity index is 372. The molecular weight excluding hydrogens is 198 g/mol. The maximum Gasteiger partial charge on any atom is 0.317 e. The van der Waals surface area contributed by atoms with E-state index in [1.54, 1.807) is 11.3 Å². The number of hydrogen-bond donors (Lipinski definition) is 3. The summed E-state index contributed by atoms with van der Waals surface area (Å²) in [4.78, 5) is 12.1. The summed E-state index contributed by atoms with van der Waals surface area (Å²) in [5.41, 5.74) is 13.1. The number of carbonyl (C=O) groups excluding carboxylic acids is 1. The fourth-order valence-electron chi connectivity index (χ4n) is 1.90. The van der Waals surface area contributed by atoms with Crippen LogP contribution in [0.5, 0.6) is 0 Å². The van der Waals surface area contributed by atoms with E-state index in [9.17, 15) is 4.79 Å². The van der Waals surface area contributed by atoms with Gasteiger partial charge in [-0.25, -0.2) is 4.79 Å². The predicted octanol–water partition coefficient (Wildman–Crippen LogP) is 1.19. The Morgan fingerprint density at radius 3 is 2.93 bits per heavy atom. The van der Waals surface area contributed by atoms with E-state index >= 15 is 0 Å². The number of anilines is 1. The van der Waals surface area contributed by atoms with Gasteiger partial charge in [0.05, 0.1) is 0 Å². The van der Waals surface area contributed by atoms with Gasteiger partial charge in [-0.15, -0.1) is 11.3 Å². The van der Waals surface area contributed by atoms with Gasteiger partial charge >= 0.3 is 6.03 Å². The lowest BCUT2D eigenvalue weighted by Gasteiger charge is -2.03. The summed E-state index contributed by atoms with van der Waals surface area (Å²) in [7, 11) is 0. The molecule has 0 saturated carbocycles. The van der Waals surface area contributed by atoms with Crippen LogP contribution >= 0.6 is 11.3 Å². The molecule has 0 fully saturated rings. The SMILES string of the molecule is NCc1c(NC(N)=O)sc2c1CCC2. The first kappa shape index (κ1) is 9.48. The number of aryl methyl sites for hydroxylation is 1. The van der Waals surface area contributed by atoms with Crippen LogP contribution in [0.15, 0.2) is 0 Å². The molecule has 0 radical (unpaired) electrons.